The second-order valence-corrected chi connectivity index (χ2v) is 6.20. The molecule has 0 heterocycles. The van der Waals surface area contributed by atoms with Crippen LogP contribution in [0.2, 0.25) is 0 Å². The van der Waals surface area contributed by atoms with Crippen molar-refractivity contribution in [2.75, 3.05) is 13.2 Å². The van der Waals surface area contributed by atoms with E-state index in [1.165, 1.54) is 0 Å². The summed E-state index contributed by atoms with van der Waals surface area (Å²) < 4.78 is 0.896. The average Bonchev–Trinajstić information content (AvgIpc) is 2.29. The smallest absolute Gasteiger partial charge is 0.251 e. The van der Waals surface area contributed by atoms with Crippen LogP contribution < -0.4 is 5.32 Å². The van der Waals surface area contributed by atoms with Crippen molar-refractivity contribution in [2.24, 2.45) is 5.41 Å². The molecule has 0 saturated carbocycles. The Balaban J connectivity index is 2.69. The lowest BCUT2D eigenvalue weighted by Crippen LogP contribution is -2.34. The summed E-state index contributed by atoms with van der Waals surface area (Å²) in [6, 6.07) is 5.66. The third-order valence-electron chi connectivity index (χ3n) is 2.96. The number of hydrogen-bond donors (Lipinski definition) is 2. The third kappa shape index (κ3) is 4.42. The quantitative estimate of drug-likeness (QED) is 0.878. The fourth-order valence-corrected chi connectivity index (χ4v) is 2.01. The molecule has 1 amide bonds. The molecule has 2 N–H and O–H groups in total. The predicted octanol–water partition coefficient (Wildman–Crippen LogP) is 2.90. The number of aliphatic hydroxyl groups is 1. The number of aryl methyl sites for hydroxylation is 1. The molecule has 0 radical (unpaired) electrons. The summed E-state index contributed by atoms with van der Waals surface area (Å²) in [5.41, 5.74) is 1.55. The summed E-state index contributed by atoms with van der Waals surface area (Å²) in [6.45, 7) is 6.66. The topological polar surface area (TPSA) is 49.3 Å². The number of halogens is 1. The van der Waals surface area contributed by atoms with E-state index in [-0.39, 0.29) is 17.9 Å². The molecule has 0 saturated heterocycles. The maximum atomic E-state index is 12.1. The normalized spacial score (nSPS) is 11.4. The molecular formula is C14H20BrNO2. The largest absolute Gasteiger partial charge is 0.396 e. The number of aliphatic hydroxyl groups excluding tert-OH is 1. The van der Waals surface area contributed by atoms with Gasteiger partial charge in [0.2, 0.25) is 0 Å². The van der Waals surface area contributed by atoms with Crippen molar-refractivity contribution >= 4 is 21.8 Å². The van der Waals surface area contributed by atoms with Crippen molar-refractivity contribution in [3.63, 3.8) is 0 Å². The van der Waals surface area contributed by atoms with Crippen molar-refractivity contribution in [1.82, 2.24) is 5.32 Å². The summed E-state index contributed by atoms with van der Waals surface area (Å²) in [5.74, 6) is -0.0696. The van der Waals surface area contributed by atoms with Gasteiger partial charge in [-0.1, -0.05) is 35.8 Å². The average molecular weight is 314 g/mol. The Bertz CT molecular complexity index is 430. The van der Waals surface area contributed by atoms with Crippen LogP contribution in [-0.4, -0.2) is 24.2 Å². The first-order valence-electron chi connectivity index (χ1n) is 6.01. The molecule has 100 valence electrons. The second-order valence-electron chi connectivity index (χ2n) is 5.28. The van der Waals surface area contributed by atoms with E-state index in [4.69, 9.17) is 5.11 Å². The number of benzene rings is 1. The van der Waals surface area contributed by atoms with E-state index in [0.717, 1.165) is 10.0 Å². The van der Waals surface area contributed by atoms with Crippen molar-refractivity contribution < 1.29 is 9.90 Å². The summed E-state index contributed by atoms with van der Waals surface area (Å²) in [6.07, 6.45) is 0.671. The van der Waals surface area contributed by atoms with E-state index in [1.54, 1.807) is 0 Å². The van der Waals surface area contributed by atoms with Gasteiger partial charge in [0.05, 0.1) is 0 Å². The first-order valence-corrected chi connectivity index (χ1v) is 6.80. The zero-order valence-corrected chi connectivity index (χ0v) is 12.7. The molecule has 0 unspecified atom stereocenters. The van der Waals surface area contributed by atoms with Gasteiger partial charge >= 0.3 is 0 Å². The highest BCUT2D eigenvalue weighted by atomic mass is 79.9. The lowest BCUT2D eigenvalue weighted by Gasteiger charge is -2.24. The zero-order chi connectivity index (χ0) is 13.8. The molecule has 0 aliphatic heterocycles. The molecule has 0 fully saturated rings. The molecule has 0 spiro atoms. The lowest BCUT2D eigenvalue weighted by molar-refractivity contribution is 0.0927. The Morgan fingerprint density at radius 3 is 2.72 bits per heavy atom. The van der Waals surface area contributed by atoms with Gasteiger partial charge in [-0.15, -0.1) is 0 Å². The molecule has 0 aliphatic rings. The fraction of sp³-hybridized carbons (Fsp3) is 0.500. The predicted molar refractivity (Wildman–Crippen MR) is 76.7 cm³/mol. The molecule has 1 aromatic carbocycles. The van der Waals surface area contributed by atoms with Gasteiger partial charge < -0.3 is 10.4 Å². The monoisotopic (exact) mass is 313 g/mol. The first kappa shape index (κ1) is 15.2. The van der Waals surface area contributed by atoms with Gasteiger partial charge in [0.25, 0.3) is 5.91 Å². The number of carbonyl (C=O) groups is 1. The molecule has 0 bridgehead atoms. The molecule has 1 rings (SSSR count). The van der Waals surface area contributed by atoms with E-state index in [9.17, 15) is 4.79 Å². The van der Waals surface area contributed by atoms with Crippen LogP contribution in [0.5, 0.6) is 0 Å². The maximum absolute atomic E-state index is 12.1. The van der Waals surface area contributed by atoms with Gasteiger partial charge in [-0.25, -0.2) is 0 Å². The molecule has 4 heteroatoms. The number of rotatable bonds is 5. The third-order valence-corrected chi connectivity index (χ3v) is 3.45. The summed E-state index contributed by atoms with van der Waals surface area (Å²) in [4.78, 5) is 12.1. The maximum Gasteiger partial charge on any atom is 0.251 e. The van der Waals surface area contributed by atoms with Crippen LogP contribution in [0, 0.1) is 12.3 Å². The van der Waals surface area contributed by atoms with Crippen molar-refractivity contribution in [3.8, 4) is 0 Å². The molecule has 18 heavy (non-hydrogen) atoms. The van der Waals surface area contributed by atoms with E-state index < -0.39 is 0 Å². The number of amides is 1. The Labute approximate surface area is 117 Å². The summed E-state index contributed by atoms with van der Waals surface area (Å²) >= 11 is 3.37. The van der Waals surface area contributed by atoms with Crippen molar-refractivity contribution in [1.29, 1.82) is 0 Å². The van der Waals surface area contributed by atoms with Gasteiger partial charge in [0, 0.05) is 23.2 Å². The van der Waals surface area contributed by atoms with E-state index >= 15 is 0 Å². The zero-order valence-electron chi connectivity index (χ0n) is 11.1. The van der Waals surface area contributed by atoms with Gasteiger partial charge in [0.15, 0.2) is 0 Å². The van der Waals surface area contributed by atoms with Crippen LogP contribution in [0.3, 0.4) is 0 Å². The summed E-state index contributed by atoms with van der Waals surface area (Å²) in [7, 11) is 0. The van der Waals surface area contributed by atoms with Gasteiger partial charge in [-0.05, 0) is 36.5 Å². The SMILES string of the molecule is Cc1ccc(Br)cc1C(=O)NCC(C)(C)CCO. The Kier molecular flexibility index (Phi) is 5.35. The second kappa shape index (κ2) is 6.34. The van der Waals surface area contributed by atoms with Crippen LogP contribution in [0.4, 0.5) is 0 Å². The number of carbonyl (C=O) groups excluding carboxylic acids is 1. The minimum Gasteiger partial charge on any atom is -0.396 e. The highest BCUT2D eigenvalue weighted by Crippen LogP contribution is 2.19. The number of nitrogens with one attached hydrogen (secondary N) is 1. The van der Waals surface area contributed by atoms with Crippen LogP contribution in [0.15, 0.2) is 22.7 Å². The number of hydrogen-bond acceptors (Lipinski definition) is 2. The van der Waals surface area contributed by atoms with Crippen LogP contribution in [0.25, 0.3) is 0 Å². The van der Waals surface area contributed by atoms with Crippen LogP contribution >= 0.6 is 15.9 Å². The highest BCUT2D eigenvalue weighted by Gasteiger charge is 2.19. The van der Waals surface area contributed by atoms with Crippen LogP contribution in [0.1, 0.15) is 36.2 Å². The van der Waals surface area contributed by atoms with E-state index in [0.29, 0.717) is 18.5 Å². The Morgan fingerprint density at radius 1 is 1.44 bits per heavy atom. The molecule has 3 nitrogen and oxygen atoms in total. The van der Waals surface area contributed by atoms with Crippen molar-refractivity contribution in [3.05, 3.63) is 33.8 Å². The van der Waals surface area contributed by atoms with Crippen molar-refractivity contribution in [2.45, 2.75) is 27.2 Å². The highest BCUT2D eigenvalue weighted by molar-refractivity contribution is 9.10. The summed E-state index contributed by atoms with van der Waals surface area (Å²) in [5, 5.41) is 11.9. The standard InChI is InChI=1S/C14H20BrNO2/c1-10-4-5-11(15)8-12(10)13(18)16-9-14(2,3)6-7-17/h4-5,8,17H,6-7,9H2,1-3H3,(H,16,18). The molecule has 0 atom stereocenters. The first-order chi connectivity index (χ1) is 8.35. The van der Waals surface area contributed by atoms with Gasteiger partial charge in [-0.2, -0.15) is 0 Å². The molecular weight excluding hydrogens is 294 g/mol. The fourth-order valence-electron chi connectivity index (χ4n) is 1.64. The lowest BCUT2D eigenvalue weighted by atomic mass is 9.89. The van der Waals surface area contributed by atoms with E-state index in [1.807, 2.05) is 39.0 Å². The van der Waals surface area contributed by atoms with Gasteiger partial charge in [0.1, 0.15) is 0 Å². The Morgan fingerprint density at radius 2 is 2.11 bits per heavy atom. The van der Waals surface area contributed by atoms with E-state index in [2.05, 4.69) is 21.2 Å². The molecule has 1 aromatic rings. The van der Waals surface area contributed by atoms with Gasteiger partial charge in [-0.3, -0.25) is 4.79 Å². The minimum absolute atomic E-state index is 0.0696. The minimum atomic E-state index is -0.0929. The molecule has 0 aliphatic carbocycles. The van der Waals surface area contributed by atoms with Crippen LogP contribution in [-0.2, 0) is 0 Å². The Hall–Kier alpha value is -0.870. The molecule has 0 aromatic heterocycles.